The minimum absolute atomic E-state index is 0.651. The highest BCUT2D eigenvalue weighted by atomic mass is 15.2. The van der Waals surface area contributed by atoms with E-state index in [1.165, 1.54) is 5.56 Å². The SMILES string of the molecule is [NH3+]Cc1ccc(-c2nc3ccnc(-c4[nH]nc(-c5ccccn5)[nH+]4)c3cc2-c2ccccc2)cc1. The van der Waals surface area contributed by atoms with Gasteiger partial charge in [0.1, 0.15) is 11.4 Å². The fourth-order valence-electron chi connectivity index (χ4n) is 4.20. The summed E-state index contributed by atoms with van der Waals surface area (Å²) >= 11 is 0. The molecule has 168 valence electrons. The zero-order valence-electron chi connectivity index (χ0n) is 18.9. The number of hydrogen-bond donors (Lipinski definition) is 2. The van der Waals surface area contributed by atoms with Gasteiger partial charge in [-0.15, -0.1) is 5.10 Å². The number of hydrogen-bond acceptors (Lipinski definition) is 4. The van der Waals surface area contributed by atoms with Gasteiger partial charge in [0.05, 0.1) is 17.8 Å². The number of benzene rings is 2. The molecule has 6 rings (SSSR count). The summed E-state index contributed by atoms with van der Waals surface area (Å²) in [5.41, 5.74) is 11.7. The van der Waals surface area contributed by atoms with Gasteiger partial charge < -0.3 is 5.73 Å². The van der Waals surface area contributed by atoms with Crippen molar-refractivity contribution in [1.29, 1.82) is 0 Å². The maximum atomic E-state index is 5.11. The Morgan fingerprint density at radius 1 is 0.771 bits per heavy atom. The van der Waals surface area contributed by atoms with E-state index in [0.717, 1.165) is 51.2 Å². The molecule has 0 fully saturated rings. The molecule has 5 N–H and O–H groups in total. The van der Waals surface area contributed by atoms with Crippen molar-refractivity contribution in [2.45, 2.75) is 6.54 Å². The highest BCUT2D eigenvalue weighted by Crippen LogP contribution is 2.35. The van der Waals surface area contributed by atoms with Gasteiger partial charge in [0.15, 0.2) is 0 Å². The van der Waals surface area contributed by atoms with Crippen LogP contribution in [0.1, 0.15) is 5.56 Å². The quantitative estimate of drug-likeness (QED) is 0.408. The number of fused-ring (bicyclic) bond motifs is 1. The molecule has 0 unspecified atom stereocenters. The lowest BCUT2D eigenvalue weighted by Gasteiger charge is -2.12. The van der Waals surface area contributed by atoms with Crippen LogP contribution in [0, 0.1) is 0 Å². The Labute approximate surface area is 201 Å². The van der Waals surface area contributed by atoms with E-state index in [0.29, 0.717) is 11.6 Å². The molecular formula is C28H23N7+2. The Morgan fingerprint density at radius 3 is 2.37 bits per heavy atom. The number of pyridine rings is 3. The van der Waals surface area contributed by atoms with E-state index < -0.39 is 0 Å². The largest absolute Gasteiger partial charge is 0.354 e. The standard InChI is InChI=1S/C28H21N7/c29-17-18-9-11-20(12-10-18)25-21(19-6-2-1-3-7-19)16-22-23(32-25)13-15-31-26(22)28-33-27(34-35-28)24-8-4-5-14-30-24/h1-16H,17,29H2,(H,33,34,35)/p+2. The molecule has 0 atom stereocenters. The second kappa shape index (κ2) is 8.89. The molecule has 4 heterocycles. The number of nitrogens with zero attached hydrogens (tertiary/aromatic N) is 4. The summed E-state index contributed by atoms with van der Waals surface area (Å²) in [5, 5.41) is 8.44. The van der Waals surface area contributed by atoms with Crippen molar-refractivity contribution in [3.63, 3.8) is 0 Å². The molecule has 4 aromatic heterocycles. The first kappa shape index (κ1) is 20.8. The van der Waals surface area contributed by atoms with Crippen LogP contribution in [-0.4, -0.2) is 25.1 Å². The molecule has 0 aliphatic rings. The zero-order valence-corrected chi connectivity index (χ0v) is 18.9. The summed E-state index contributed by atoms with van der Waals surface area (Å²) in [6, 6.07) is 28.6. The van der Waals surface area contributed by atoms with Gasteiger partial charge in [0.25, 0.3) is 5.82 Å². The summed E-state index contributed by atoms with van der Waals surface area (Å²) in [6.45, 7) is 0.757. The lowest BCUT2D eigenvalue weighted by molar-refractivity contribution is -0.386. The van der Waals surface area contributed by atoms with E-state index in [-0.39, 0.29) is 0 Å². The third-order valence-electron chi connectivity index (χ3n) is 6.01. The van der Waals surface area contributed by atoms with Gasteiger partial charge in [-0.3, -0.25) is 0 Å². The van der Waals surface area contributed by atoms with Crippen molar-refractivity contribution in [1.82, 2.24) is 25.1 Å². The predicted molar refractivity (Wildman–Crippen MR) is 134 cm³/mol. The Kier molecular flexibility index (Phi) is 5.29. The molecule has 6 aromatic rings. The van der Waals surface area contributed by atoms with E-state index >= 15 is 0 Å². The van der Waals surface area contributed by atoms with Crippen LogP contribution in [-0.2, 0) is 6.54 Å². The van der Waals surface area contributed by atoms with E-state index in [9.17, 15) is 0 Å². The number of quaternary nitrogens is 1. The minimum Gasteiger partial charge on any atom is -0.354 e. The Bertz CT molecular complexity index is 1610. The number of rotatable bonds is 5. The zero-order chi connectivity index (χ0) is 23.6. The van der Waals surface area contributed by atoms with Gasteiger partial charge in [0, 0.05) is 39.6 Å². The first-order valence-electron chi connectivity index (χ1n) is 11.4. The molecule has 0 aliphatic heterocycles. The molecule has 0 radical (unpaired) electrons. The summed E-state index contributed by atoms with van der Waals surface area (Å²) < 4.78 is 0. The maximum Gasteiger partial charge on any atom is 0.325 e. The Balaban J connectivity index is 1.54. The molecule has 0 saturated heterocycles. The average Bonchev–Trinajstić information content (AvgIpc) is 3.43. The number of aromatic nitrogens is 6. The highest BCUT2D eigenvalue weighted by molar-refractivity contribution is 5.97. The van der Waals surface area contributed by atoms with Crippen LogP contribution in [0.5, 0.6) is 0 Å². The first-order valence-corrected chi connectivity index (χ1v) is 11.4. The molecule has 35 heavy (non-hydrogen) atoms. The topological polar surface area (TPSA) is 109 Å². The second-order valence-electron chi connectivity index (χ2n) is 8.21. The smallest absolute Gasteiger partial charge is 0.325 e. The lowest BCUT2D eigenvalue weighted by atomic mass is 9.96. The van der Waals surface area contributed by atoms with Gasteiger partial charge in [-0.2, -0.15) is 0 Å². The van der Waals surface area contributed by atoms with Crippen LogP contribution in [0.3, 0.4) is 0 Å². The lowest BCUT2D eigenvalue weighted by Crippen LogP contribution is -2.47. The molecule has 0 spiro atoms. The molecule has 2 aromatic carbocycles. The minimum atomic E-state index is 0.651. The highest BCUT2D eigenvalue weighted by Gasteiger charge is 2.21. The third kappa shape index (κ3) is 3.94. The Morgan fingerprint density at radius 2 is 1.60 bits per heavy atom. The third-order valence-corrected chi connectivity index (χ3v) is 6.01. The monoisotopic (exact) mass is 457 g/mol. The fourth-order valence-corrected chi connectivity index (χ4v) is 4.20. The van der Waals surface area contributed by atoms with Crippen molar-refractivity contribution >= 4 is 10.9 Å². The molecule has 0 aliphatic carbocycles. The van der Waals surface area contributed by atoms with Gasteiger partial charge in [-0.1, -0.05) is 60.7 Å². The summed E-state index contributed by atoms with van der Waals surface area (Å²) in [5.74, 6) is 1.35. The van der Waals surface area contributed by atoms with Crippen LogP contribution in [0.15, 0.2) is 97.3 Å². The van der Waals surface area contributed by atoms with E-state index in [2.05, 4.69) is 73.3 Å². The van der Waals surface area contributed by atoms with E-state index in [4.69, 9.17) is 4.98 Å². The first-order chi connectivity index (χ1) is 17.3. The van der Waals surface area contributed by atoms with Gasteiger partial charge >= 0.3 is 5.82 Å². The Hall–Kier alpha value is -4.75. The predicted octanol–water partition coefficient (Wildman–Crippen LogP) is 3.97. The van der Waals surface area contributed by atoms with E-state index in [1.807, 2.05) is 42.5 Å². The van der Waals surface area contributed by atoms with Crippen molar-refractivity contribution < 1.29 is 10.7 Å². The summed E-state index contributed by atoms with van der Waals surface area (Å²) in [4.78, 5) is 17.5. The summed E-state index contributed by atoms with van der Waals surface area (Å²) in [6.07, 6.45) is 3.52. The molecule has 7 heteroatoms. The van der Waals surface area contributed by atoms with Crippen molar-refractivity contribution in [3.8, 4) is 45.4 Å². The molecule has 0 amide bonds. The van der Waals surface area contributed by atoms with Crippen LogP contribution < -0.4 is 10.7 Å². The van der Waals surface area contributed by atoms with Gasteiger partial charge in [-0.05, 0) is 29.8 Å². The molecular weight excluding hydrogens is 434 g/mol. The van der Waals surface area contributed by atoms with Crippen LogP contribution in [0.2, 0.25) is 0 Å². The molecule has 0 saturated carbocycles. The number of aromatic amines is 2. The van der Waals surface area contributed by atoms with Crippen LogP contribution in [0.25, 0.3) is 56.3 Å². The summed E-state index contributed by atoms with van der Waals surface area (Å²) in [7, 11) is 0. The van der Waals surface area contributed by atoms with Crippen molar-refractivity contribution in [2.75, 3.05) is 0 Å². The van der Waals surface area contributed by atoms with Crippen LogP contribution in [0.4, 0.5) is 0 Å². The maximum absolute atomic E-state index is 5.11. The van der Waals surface area contributed by atoms with Crippen molar-refractivity contribution in [3.05, 3.63) is 103 Å². The normalized spacial score (nSPS) is 11.1. The van der Waals surface area contributed by atoms with Gasteiger partial charge in [-0.25, -0.2) is 19.9 Å². The fraction of sp³-hybridized carbons (Fsp3) is 0.0357. The average molecular weight is 458 g/mol. The van der Waals surface area contributed by atoms with Crippen LogP contribution >= 0.6 is 0 Å². The van der Waals surface area contributed by atoms with Crippen molar-refractivity contribution in [2.24, 2.45) is 0 Å². The number of H-pyrrole nitrogens is 2. The second-order valence-corrected chi connectivity index (χ2v) is 8.21. The molecule has 7 nitrogen and oxygen atoms in total. The number of nitrogens with one attached hydrogen (secondary N) is 2. The van der Waals surface area contributed by atoms with E-state index in [1.54, 1.807) is 12.4 Å². The molecule has 0 bridgehead atoms. The van der Waals surface area contributed by atoms with Gasteiger partial charge in [0.2, 0.25) is 0 Å².